The fourth-order valence-corrected chi connectivity index (χ4v) is 1.95. The molecule has 118 valence electrons. The summed E-state index contributed by atoms with van der Waals surface area (Å²) in [5, 5.41) is 3.14. The topological polar surface area (TPSA) is 110 Å². The average Bonchev–Trinajstić information content (AvgIpc) is 2.51. The minimum absolute atomic E-state index is 0.106. The van der Waals surface area contributed by atoms with Crippen LogP contribution in [0.5, 0.6) is 6.01 Å². The van der Waals surface area contributed by atoms with Crippen molar-refractivity contribution in [3.8, 4) is 6.01 Å². The summed E-state index contributed by atoms with van der Waals surface area (Å²) in [4.78, 5) is 14.6. The van der Waals surface area contributed by atoms with Gasteiger partial charge in [-0.25, -0.2) is 5.84 Å². The molecule has 1 aromatic heterocycles. The van der Waals surface area contributed by atoms with Crippen molar-refractivity contribution < 1.29 is 9.47 Å². The summed E-state index contributed by atoms with van der Waals surface area (Å²) in [5.41, 5.74) is 2.41. The molecule has 1 atom stereocenters. The van der Waals surface area contributed by atoms with Gasteiger partial charge in [-0.3, -0.25) is 5.43 Å². The van der Waals surface area contributed by atoms with E-state index in [0.717, 1.165) is 26.1 Å². The third kappa shape index (κ3) is 4.96. The second-order valence-electron chi connectivity index (χ2n) is 4.89. The number of anilines is 2. The van der Waals surface area contributed by atoms with Gasteiger partial charge in [0.15, 0.2) is 0 Å². The van der Waals surface area contributed by atoms with Gasteiger partial charge in [-0.05, 0) is 13.5 Å². The van der Waals surface area contributed by atoms with Crippen LogP contribution in [0.1, 0.15) is 13.3 Å². The Bertz CT molecular complexity index is 446. The molecule has 1 fully saturated rings. The Labute approximate surface area is 124 Å². The molecule has 0 spiro atoms. The molecule has 1 aliphatic rings. The van der Waals surface area contributed by atoms with E-state index >= 15 is 0 Å². The first kappa shape index (κ1) is 15.7. The molecule has 9 nitrogen and oxygen atoms in total. The number of nitrogen functional groups attached to an aromatic ring is 1. The Kier molecular flexibility index (Phi) is 5.90. The number of ether oxygens (including phenoxy) is 2. The standard InChI is InChI=1S/C12H23N7O2/c1-3-5-21-12-16-10(15-11(17-12)18-13)14-7-9-8-19(2)4-6-20-9/h9H,3-8,13H2,1-2H3,(H2,14,15,16,17,18). The predicted molar refractivity (Wildman–Crippen MR) is 79.1 cm³/mol. The Hall–Kier alpha value is -1.71. The van der Waals surface area contributed by atoms with Gasteiger partial charge in [0.05, 0.1) is 19.3 Å². The van der Waals surface area contributed by atoms with Gasteiger partial charge in [-0.15, -0.1) is 0 Å². The van der Waals surface area contributed by atoms with E-state index in [1.54, 1.807) is 0 Å². The van der Waals surface area contributed by atoms with Gasteiger partial charge in [0.1, 0.15) is 0 Å². The minimum Gasteiger partial charge on any atom is -0.463 e. The Balaban J connectivity index is 1.94. The zero-order valence-corrected chi connectivity index (χ0v) is 12.5. The lowest BCUT2D eigenvalue weighted by molar-refractivity contribution is -0.0118. The zero-order chi connectivity index (χ0) is 15.1. The highest BCUT2D eigenvalue weighted by atomic mass is 16.5. The fraction of sp³-hybridized carbons (Fsp3) is 0.750. The number of nitrogens with one attached hydrogen (secondary N) is 2. The van der Waals surface area contributed by atoms with E-state index in [2.05, 4.69) is 37.6 Å². The maximum absolute atomic E-state index is 5.67. The minimum atomic E-state index is 0.106. The first-order chi connectivity index (χ1) is 10.2. The Morgan fingerprint density at radius 1 is 1.38 bits per heavy atom. The smallest absolute Gasteiger partial charge is 0.323 e. The number of nitrogens with two attached hydrogens (primary N) is 1. The van der Waals surface area contributed by atoms with Crippen LogP contribution < -0.4 is 21.3 Å². The number of nitrogens with zero attached hydrogens (tertiary/aromatic N) is 4. The number of hydrogen-bond acceptors (Lipinski definition) is 9. The van der Waals surface area contributed by atoms with Crippen molar-refractivity contribution >= 4 is 11.9 Å². The van der Waals surface area contributed by atoms with Gasteiger partial charge < -0.3 is 19.7 Å². The van der Waals surface area contributed by atoms with Crippen molar-refractivity contribution in [2.24, 2.45) is 5.84 Å². The third-order valence-corrected chi connectivity index (χ3v) is 3.01. The van der Waals surface area contributed by atoms with E-state index in [0.29, 0.717) is 19.1 Å². The number of hydrazine groups is 1. The molecular weight excluding hydrogens is 274 g/mol. The summed E-state index contributed by atoms with van der Waals surface area (Å²) in [6.07, 6.45) is 0.983. The van der Waals surface area contributed by atoms with Crippen molar-refractivity contribution in [2.45, 2.75) is 19.4 Å². The molecule has 2 heterocycles. The summed E-state index contributed by atoms with van der Waals surface area (Å²) in [5.74, 6) is 6.04. The normalized spacial score (nSPS) is 19.3. The molecule has 0 radical (unpaired) electrons. The van der Waals surface area contributed by atoms with E-state index in [4.69, 9.17) is 15.3 Å². The van der Waals surface area contributed by atoms with Crippen LogP contribution in [0.2, 0.25) is 0 Å². The molecule has 1 aliphatic heterocycles. The maximum Gasteiger partial charge on any atom is 0.323 e. The first-order valence-corrected chi connectivity index (χ1v) is 7.10. The summed E-state index contributed by atoms with van der Waals surface area (Å²) < 4.78 is 11.1. The number of likely N-dealkylation sites (N-methyl/N-ethyl adjacent to an activating group) is 1. The molecule has 0 aliphatic carbocycles. The maximum atomic E-state index is 5.67. The van der Waals surface area contributed by atoms with Gasteiger partial charge >= 0.3 is 6.01 Å². The van der Waals surface area contributed by atoms with Gasteiger partial charge in [0.25, 0.3) is 0 Å². The molecule has 21 heavy (non-hydrogen) atoms. The largest absolute Gasteiger partial charge is 0.463 e. The van der Waals surface area contributed by atoms with Crippen LogP contribution >= 0.6 is 0 Å². The van der Waals surface area contributed by atoms with Crippen LogP contribution in [0.3, 0.4) is 0 Å². The first-order valence-electron chi connectivity index (χ1n) is 7.10. The van der Waals surface area contributed by atoms with E-state index in [9.17, 15) is 0 Å². The number of rotatable bonds is 7. The van der Waals surface area contributed by atoms with Crippen molar-refractivity contribution in [1.82, 2.24) is 19.9 Å². The molecule has 2 rings (SSSR count). The van der Waals surface area contributed by atoms with E-state index in [1.165, 1.54) is 0 Å². The quantitative estimate of drug-likeness (QED) is 0.461. The predicted octanol–water partition coefficient (Wildman–Crippen LogP) is -0.311. The lowest BCUT2D eigenvalue weighted by Gasteiger charge is -2.30. The van der Waals surface area contributed by atoms with Crippen LogP contribution in [0, 0.1) is 0 Å². The lowest BCUT2D eigenvalue weighted by Crippen LogP contribution is -2.43. The Morgan fingerprint density at radius 2 is 2.19 bits per heavy atom. The van der Waals surface area contributed by atoms with E-state index < -0.39 is 0 Å². The van der Waals surface area contributed by atoms with E-state index in [-0.39, 0.29) is 18.1 Å². The SMILES string of the molecule is CCCOc1nc(NN)nc(NCC2CN(C)CCO2)n1. The summed E-state index contributed by atoms with van der Waals surface area (Å²) in [7, 11) is 2.07. The number of hydrogen-bond donors (Lipinski definition) is 3. The van der Waals surface area contributed by atoms with Crippen LogP contribution in [0.4, 0.5) is 11.9 Å². The zero-order valence-electron chi connectivity index (χ0n) is 12.5. The molecule has 4 N–H and O–H groups in total. The van der Waals surface area contributed by atoms with Gasteiger partial charge in [0.2, 0.25) is 11.9 Å². The lowest BCUT2D eigenvalue weighted by atomic mass is 10.3. The highest BCUT2D eigenvalue weighted by molar-refractivity contribution is 5.35. The van der Waals surface area contributed by atoms with Crippen molar-refractivity contribution in [2.75, 3.05) is 50.6 Å². The highest BCUT2D eigenvalue weighted by Gasteiger charge is 2.18. The second kappa shape index (κ2) is 7.91. The monoisotopic (exact) mass is 297 g/mol. The summed E-state index contributed by atoms with van der Waals surface area (Å²) >= 11 is 0. The van der Waals surface area contributed by atoms with Gasteiger partial charge in [-0.2, -0.15) is 15.0 Å². The molecule has 1 unspecified atom stereocenters. The fourth-order valence-electron chi connectivity index (χ4n) is 1.95. The number of aromatic nitrogens is 3. The molecule has 0 saturated carbocycles. The second-order valence-corrected chi connectivity index (χ2v) is 4.89. The average molecular weight is 297 g/mol. The van der Waals surface area contributed by atoms with Crippen molar-refractivity contribution in [3.63, 3.8) is 0 Å². The third-order valence-electron chi connectivity index (χ3n) is 3.01. The Morgan fingerprint density at radius 3 is 2.90 bits per heavy atom. The molecular formula is C12H23N7O2. The summed E-state index contributed by atoms with van der Waals surface area (Å²) in [6, 6.07) is 0.254. The molecule has 0 aromatic carbocycles. The van der Waals surface area contributed by atoms with Crippen LogP contribution in [-0.4, -0.2) is 65.9 Å². The van der Waals surface area contributed by atoms with Crippen LogP contribution in [-0.2, 0) is 4.74 Å². The molecule has 0 amide bonds. The van der Waals surface area contributed by atoms with Crippen molar-refractivity contribution in [1.29, 1.82) is 0 Å². The highest BCUT2D eigenvalue weighted by Crippen LogP contribution is 2.11. The molecule has 9 heteroatoms. The van der Waals surface area contributed by atoms with Crippen molar-refractivity contribution in [3.05, 3.63) is 0 Å². The molecule has 1 saturated heterocycles. The van der Waals surface area contributed by atoms with Gasteiger partial charge in [-0.1, -0.05) is 6.92 Å². The number of morpholine rings is 1. The summed E-state index contributed by atoms with van der Waals surface area (Å²) in [6.45, 7) is 5.74. The van der Waals surface area contributed by atoms with E-state index in [1.807, 2.05) is 6.92 Å². The molecule has 0 bridgehead atoms. The van der Waals surface area contributed by atoms with Gasteiger partial charge in [0, 0.05) is 19.6 Å². The van der Waals surface area contributed by atoms with Crippen LogP contribution in [0.25, 0.3) is 0 Å². The molecule has 1 aromatic rings. The van der Waals surface area contributed by atoms with Crippen LogP contribution in [0.15, 0.2) is 0 Å².